The molecule has 2 aromatic heterocycles. The Bertz CT molecular complexity index is 736. The summed E-state index contributed by atoms with van der Waals surface area (Å²) in [5.41, 5.74) is 3.64. The molecule has 3 aromatic rings. The number of benzene rings is 1. The summed E-state index contributed by atoms with van der Waals surface area (Å²) < 4.78 is 2.00. The lowest BCUT2D eigenvalue weighted by Crippen LogP contribution is -2.14. The predicted octanol–water partition coefficient (Wildman–Crippen LogP) is 3.92. The maximum absolute atomic E-state index is 4.71. The van der Waals surface area contributed by atoms with Gasteiger partial charge in [0.15, 0.2) is 0 Å². The molecule has 120 valence electrons. The van der Waals surface area contributed by atoms with Gasteiger partial charge in [0, 0.05) is 42.0 Å². The third-order valence-corrected chi connectivity index (χ3v) is 4.88. The molecule has 1 aromatic carbocycles. The Hall–Kier alpha value is -1.98. The van der Waals surface area contributed by atoms with Crippen molar-refractivity contribution >= 4 is 11.3 Å². The standard InChI is InChI=1S/C18H22N4S/c1-18(2,3)17-21-15(12-23-17)11-20-10-14-4-6-16(7-5-14)22-9-8-19-13-22/h4-9,12-13,20H,10-11H2,1-3H3. The fourth-order valence-corrected chi connectivity index (χ4v) is 3.17. The van der Waals surface area contributed by atoms with Gasteiger partial charge in [-0.1, -0.05) is 32.9 Å². The molecule has 0 fully saturated rings. The summed E-state index contributed by atoms with van der Waals surface area (Å²) in [7, 11) is 0. The van der Waals surface area contributed by atoms with Crippen molar-refractivity contribution in [2.75, 3.05) is 0 Å². The second-order valence-electron chi connectivity index (χ2n) is 6.63. The molecule has 3 rings (SSSR count). The second-order valence-corrected chi connectivity index (χ2v) is 7.49. The molecule has 0 aliphatic heterocycles. The van der Waals surface area contributed by atoms with Crippen LogP contribution in [0.3, 0.4) is 0 Å². The molecule has 0 atom stereocenters. The average Bonchev–Trinajstić information content (AvgIpc) is 3.19. The van der Waals surface area contributed by atoms with Crippen LogP contribution in [0.15, 0.2) is 48.4 Å². The van der Waals surface area contributed by atoms with Gasteiger partial charge in [-0.15, -0.1) is 11.3 Å². The molecule has 1 N–H and O–H groups in total. The average molecular weight is 326 g/mol. The van der Waals surface area contributed by atoms with Crippen LogP contribution in [0.25, 0.3) is 5.69 Å². The van der Waals surface area contributed by atoms with Crippen LogP contribution in [0, 0.1) is 0 Å². The van der Waals surface area contributed by atoms with Crippen molar-refractivity contribution in [3.05, 3.63) is 64.6 Å². The SMILES string of the molecule is CC(C)(C)c1nc(CNCc2ccc(-n3ccnc3)cc2)cs1. The number of rotatable bonds is 5. The van der Waals surface area contributed by atoms with Crippen molar-refractivity contribution in [1.29, 1.82) is 0 Å². The molecule has 0 saturated heterocycles. The number of hydrogen-bond donors (Lipinski definition) is 1. The lowest BCUT2D eigenvalue weighted by atomic mass is 9.98. The van der Waals surface area contributed by atoms with Crippen LogP contribution in [-0.2, 0) is 18.5 Å². The molecular formula is C18H22N4S. The van der Waals surface area contributed by atoms with E-state index in [0.717, 1.165) is 24.5 Å². The zero-order valence-electron chi connectivity index (χ0n) is 13.8. The lowest BCUT2D eigenvalue weighted by Gasteiger charge is -2.13. The van der Waals surface area contributed by atoms with E-state index in [1.54, 1.807) is 17.5 Å². The maximum Gasteiger partial charge on any atom is 0.0991 e. The van der Waals surface area contributed by atoms with Crippen molar-refractivity contribution in [1.82, 2.24) is 19.9 Å². The number of nitrogens with one attached hydrogen (secondary N) is 1. The first-order valence-electron chi connectivity index (χ1n) is 7.75. The molecule has 0 radical (unpaired) electrons. The van der Waals surface area contributed by atoms with Gasteiger partial charge in [0.05, 0.1) is 17.0 Å². The smallest absolute Gasteiger partial charge is 0.0991 e. The van der Waals surface area contributed by atoms with Crippen molar-refractivity contribution in [3.8, 4) is 5.69 Å². The third kappa shape index (κ3) is 4.06. The largest absolute Gasteiger partial charge is 0.307 e. The Kier molecular flexibility index (Phi) is 4.59. The number of nitrogens with zero attached hydrogens (tertiary/aromatic N) is 3. The fraction of sp³-hybridized carbons (Fsp3) is 0.333. The van der Waals surface area contributed by atoms with E-state index in [1.807, 2.05) is 17.1 Å². The number of thiazole rings is 1. The van der Waals surface area contributed by atoms with Gasteiger partial charge in [-0.3, -0.25) is 0 Å². The monoisotopic (exact) mass is 326 g/mol. The van der Waals surface area contributed by atoms with Gasteiger partial charge >= 0.3 is 0 Å². The summed E-state index contributed by atoms with van der Waals surface area (Å²) in [4.78, 5) is 8.77. The van der Waals surface area contributed by atoms with Crippen LogP contribution in [0.1, 0.15) is 37.0 Å². The summed E-state index contributed by atoms with van der Waals surface area (Å²) in [5.74, 6) is 0. The number of hydrogen-bond acceptors (Lipinski definition) is 4. The van der Waals surface area contributed by atoms with Gasteiger partial charge in [-0.05, 0) is 17.7 Å². The molecule has 0 saturated carbocycles. The highest BCUT2D eigenvalue weighted by Crippen LogP contribution is 2.25. The summed E-state index contributed by atoms with van der Waals surface area (Å²) in [6.45, 7) is 8.24. The van der Waals surface area contributed by atoms with Gasteiger partial charge in [0.1, 0.15) is 0 Å². The molecule has 23 heavy (non-hydrogen) atoms. The van der Waals surface area contributed by atoms with Crippen LogP contribution in [0.4, 0.5) is 0 Å². The van der Waals surface area contributed by atoms with Crippen molar-refractivity contribution < 1.29 is 0 Å². The number of aromatic nitrogens is 3. The zero-order valence-corrected chi connectivity index (χ0v) is 14.6. The van der Waals surface area contributed by atoms with Crippen LogP contribution in [0.5, 0.6) is 0 Å². The summed E-state index contributed by atoms with van der Waals surface area (Å²) in [6, 6.07) is 8.51. The molecule has 2 heterocycles. The molecule has 4 nitrogen and oxygen atoms in total. The van der Waals surface area contributed by atoms with E-state index in [0.29, 0.717) is 0 Å². The Labute approximate surface area is 141 Å². The van der Waals surface area contributed by atoms with Crippen LogP contribution in [-0.4, -0.2) is 14.5 Å². The van der Waals surface area contributed by atoms with Gasteiger partial charge in [-0.25, -0.2) is 9.97 Å². The molecular weight excluding hydrogens is 304 g/mol. The first-order valence-corrected chi connectivity index (χ1v) is 8.63. The van der Waals surface area contributed by atoms with E-state index in [1.165, 1.54) is 10.6 Å². The maximum atomic E-state index is 4.71. The van der Waals surface area contributed by atoms with E-state index in [9.17, 15) is 0 Å². The normalized spacial score (nSPS) is 11.8. The first-order chi connectivity index (χ1) is 11.0. The number of imidazole rings is 1. The Morgan fingerprint density at radius 1 is 1.13 bits per heavy atom. The minimum atomic E-state index is 0.131. The first kappa shape index (κ1) is 15.9. The van der Waals surface area contributed by atoms with E-state index in [2.05, 4.69) is 60.7 Å². The molecule has 0 bridgehead atoms. The topological polar surface area (TPSA) is 42.7 Å². The summed E-state index contributed by atoms with van der Waals surface area (Å²) in [6.07, 6.45) is 5.54. The molecule has 0 aliphatic rings. The highest BCUT2D eigenvalue weighted by Gasteiger charge is 2.17. The van der Waals surface area contributed by atoms with E-state index in [4.69, 9.17) is 4.98 Å². The molecule has 0 aliphatic carbocycles. The van der Waals surface area contributed by atoms with E-state index < -0.39 is 0 Å². The van der Waals surface area contributed by atoms with Crippen LogP contribution >= 0.6 is 11.3 Å². The third-order valence-electron chi connectivity index (χ3n) is 3.57. The van der Waals surface area contributed by atoms with Gasteiger partial charge < -0.3 is 9.88 Å². The van der Waals surface area contributed by atoms with E-state index in [-0.39, 0.29) is 5.41 Å². The molecule has 0 amide bonds. The highest BCUT2D eigenvalue weighted by atomic mass is 32.1. The zero-order chi connectivity index (χ0) is 16.3. The van der Waals surface area contributed by atoms with Gasteiger partial charge in [0.2, 0.25) is 0 Å². The second kappa shape index (κ2) is 6.64. The minimum Gasteiger partial charge on any atom is -0.307 e. The van der Waals surface area contributed by atoms with Crippen LogP contribution < -0.4 is 5.32 Å². The van der Waals surface area contributed by atoms with Gasteiger partial charge in [-0.2, -0.15) is 0 Å². The minimum absolute atomic E-state index is 0.131. The highest BCUT2D eigenvalue weighted by molar-refractivity contribution is 7.09. The van der Waals surface area contributed by atoms with Crippen molar-refractivity contribution in [3.63, 3.8) is 0 Å². The quantitative estimate of drug-likeness (QED) is 0.773. The Morgan fingerprint density at radius 3 is 2.52 bits per heavy atom. The van der Waals surface area contributed by atoms with Gasteiger partial charge in [0.25, 0.3) is 0 Å². The summed E-state index contributed by atoms with van der Waals surface area (Å²) in [5, 5.41) is 6.80. The van der Waals surface area contributed by atoms with Crippen molar-refractivity contribution in [2.45, 2.75) is 39.3 Å². The molecule has 5 heteroatoms. The van der Waals surface area contributed by atoms with E-state index >= 15 is 0 Å². The predicted molar refractivity (Wildman–Crippen MR) is 94.9 cm³/mol. The molecule has 0 spiro atoms. The molecule has 0 unspecified atom stereocenters. The summed E-state index contributed by atoms with van der Waals surface area (Å²) >= 11 is 1.74. The Morgan fingerprint density at radius 2 is 1.91 bits per heavy atom. The lowest BCUT2D eigenvalue weighted by molar-refractivity contribution is 0.579. The Balaban J connectivity index is 1.54. The fourth-order valence-electron chi connectivity index (χ4n) is 2.27. The van der Waals surface area contributed by atoms with Crippen molar-refractivity contribution in [2.24, 2.45) is 0 Å². The van der Waals surface area contributed by atoms with Crippen LogP contribution in [0.2, 0.25) is 0 Å².